The molecule has 0 aromatic heterocycles. The first-order valence-electron chi connectivity index (χ1n) is 7.69. The SMILES string of the molecule is CC(C)(C)CC(=O)N1CSCC1C(=O)N1CCOC(C(=O)O)C1. The van der Waals surface area contributed by atoms with E-state index in [0.717, 1.165) is 0 Å². The van der Waals surface area contributed by atoms with E-state index in [1.54, 1.807) is 16.7 Å². The summed E-state index contributed by atoms with van der Waals surface area (Å²) in [6.07, 6.45) is -0.599. The third-order valence-electron chi connectivity index (χ3n) is 3.82. The van der Waals surface area contributed by atoms with E-state index in [9.17, 15) is 14.4 Å². The van der Waals surface area contributed by atoms with Crippen LogP contribution in [0.1, 0.15) is 27.2 Å². The lowest BCUT2D eigenvalue weighted by molar-refractivity contribution is -0.161. The molecule has 0 spiro atoms. The summed E-state index contributed by atoms with van der Waals surface area (Å²) in [7, 11) is 0. The van der Waals surface area contributed by atoms with Gasteiger partial charge in [0.2, 0.25) is 11.8 Å². The Morgan fingerprint density at radius 2 is 2.00 bits per heavy atom. The maximum absolute atomic E-state index is 12.7. The van der Waals surface area contributed by atoms with Gasteiger partial charge in [0, 0.05) is 18.7 Å². The Bertz CT molecular complexity index is 491. The number of carboxylic acids is 1. The number of carbonyl (C=O) groups excluding carboxylic acids is 2. The predicted molar refractivity (Wildman–Crippen MR) is 86.0 cm³/mol. The molecule has 0 saturated carbocycles. The smallest absolute Gasteiger partial charge is 0.334 e. The van der Waals surface area contributed by atoms with Crippen molar-refractivity contribution in [3.63, 3.8) is 0 Å². The van der Waals surface area contributed by atoms with E-state index >= 15 is 0 Å². The summed E-state index contributed by atoms with van der Waals surface area (Å²) in [5.41, 5.74) is -0.134. The number of ether oxygens (including phenoxy) is 1. The summed E-state index contributed by atoms with van der Waals surface area (Å²) in [6, 6.07) is -0.498. The second kappa shape index (κ2) is 7.09. The van der Waals surface area contributed by atoms with Crippen LogP contribution in [0.3, 0.4) is 0 Å². The molecular weight excluding hydrogens is 320 g/mol. The Hall–Kier alpha value is -1.28. The van der Waals surface area contributed by atoms with Crippen molar-refractivity contribution in [3.8, 4) is 0 Å². The third-order valence-corrected chi connectivity index (χ3v) is 4.84. The molecule has 23 heavy (non-hydrogen) atoms. The van der Waals surface area contributed by atoms with Gasteiger partial charge in [-0.25, -0.2) is 4.79 Å². The van der Waals surface area contributed by atoms with Gasteiger partial charge in [-0.05, 0) is 5.41 Å². The second-order valence-electron chi connectivity index (χ2n) is 7.10. The maximum Gasteiger partial charge on any atom is 0.334 e. The molecule has 2 heterocycles. The van der Waals surface area contributed by atoms with Crippen molar-refractivity contribution in [1.29, 1.82) is 0 Å². The van der Waals surface area contributed by atoms with E-state index in [2.05, 4.69) is 0 Å². The van der Waals surface area contributed by atoms with E-state index in [4.69, 9.17) is 9.84 Å². The number of hydrogen-bond acceptors (Lipinski definition) is 5. The molecule has 0 aromatic rings. The number of thioether (sulfide) groups is 1. The van der Waals surface area contributed by atoms with Gasteiger partial charge in [0.05, 0.1) is 19.0 Å². The number of nitrogens with zero attached hydrogens (tertiary/aromatic N) is 2. The molecular formula is C15H24N2O5S. The van der Waals surface area contributed by atoms with Crippen LogP contribution in [0.2, 0.25) is 0 Å². The highest BCUT2D eigenvalue weighted by atomic mass is 32.2. The Balaban J connectivity index is 2.02. The molecule has 0 radical (unpaired) electrons. The van der Waals surface area contributed by atoms with Crippen molar-refractivity contribution in [2.75, 3.05) is 31.3 Å². The fourth-order valence-corrected chi connectivity index (χ4v) is 3.83. The minimum Gasteiger partial charge on any atom is -0.479 e. The molecule has 0 aromatic carbocycles. The van der Waals surface area contributed by atoms with Crippen LogP contribution in [-0.4, -0.2) is 76.2 Å². The lowest BCUT2D eigenvalue weighted by Gasteiger charge is -2.35. The normalized spacial score (nSPS) is 25.5. The van der Waals surface area contributed by atoms with Crippen LogP contribution in [0.4, 0.5) is 0 Å². The van der Waals surface area contributed by atoms with Crippen molar-refractivity contribution >= 4 is 29.5 Å². The summed E-state index contributed by atoms with van der Waals surface area (Å²) < 4.78 is 5.14. The molecule has 2 rings (SSSR count). The predicted octanol–water partition coefficient (Wildman–Crippen LogP) is 0.636. The fraction of sp³-hybridized carbons (Fsp3) is 0.800. The highest BCUT2D eigenvalue weighted by Crippen LogP contribution is 2.27. The molecule has 1 N–H and O–H groups in total. The molecule has 2 atom stereocenters. The van der Waals surface area contributed by atoms with Crippen LogP contribution >= 0.6 is 11.8 Å². The molecule has 130 valence electrons. The number of hydrogen-bond donors (Lipinski definition) is 1. The fourth-order valence-electron chi connectivity index (χ4n) is 2.66. The van der Waals surface area contributed by atoms with Crippen molar-refractivity contribution < 1.29 is 24.2 Å². The van der Waals surface area contributed by atoms with Crippen LogP contribution < -0.4 is 0 Å². The van der Waals surface area contributed by atoms with Gasteiger partial charge in [-0.3, -0.25) is 9.59 Å². The van der Waals surface area contributed by atoms with Gasteiger partial charge in [0.1, 0.15) is 6.04 Å². The van der Waals surface area contributed by atoms with Gasteiger partial charge < -0.3 is 19.6 Å². The number of rotatable bonds is 3. The highest BCUT2D eigenvalue weighted by molar-refractivity contribution is 7.99. The minimum atomic E-state index is -1.07. The molecule has 2 unspecified atom stereocenters. The summed E-state index contributed by atoms with van der Waals surface area (Å²) in [4.78, 5) is 39.4. The van der Waals surface area contributed by atoms with Crippen molar-refractivity contribution in [2.24, 2.45) is 5.41 Å². The van der Waals surface area contributed by atoms with Crippen LogP contribution in [0.15, 0.2) is 0 Å². The first kappa shape index (κ1) is 18.1. The van der Waals surface area contributed by atoms with Crippen LogP contribution in [-0.2, 0) is 19.1 Å². The number of carboxylic acid groups (broad SMARTS) is 1. The number of aliphatic carboxylic acids is 1. The summed E-state index contributed by atoms with van der Waals surface area (Å²) >= 11 is 1.55. The molecule has 8 heteroatoms. The average Bonchev–Trinajstić information content (AvgIpc) is 2.94. The Morgan fingerprint density at radius 3 is 2.61 bits per heavy atom. The largest absolute Gasteiger partial charge is 0.479 e. The van der Waals surface area contributed by atoms with Crippen molar-refractivity contribution in [3.05, 3.63) is 0 Å². The van der Waals surface area contributed by atoms with E-state index in [-0.39, 0.29) is 30.4 Å². The summed E-state index contributed by atoms with van der Waals surface area (Å²) in [5, 5.41) is 9.04. The maximum atomic E-state index is 12.7. The number of carbonyl (C=O) groups is 3. The van der Waals surface area contributed by atoms with Gasteiger partial charge in [0.25, 0.3) is 0 Å². The highest BCUT2D eigenvalue weighted by Gasteiger charge is 2.40. The van der Waals surface area contributed by atoms with Gasteiger partial charge in [-0.1, -0.05) is 20.8 Å². The topological polar surface area (TPSA) is 87.2 Å². The van der Waals surface area contributed by atoms with E-state index in [0.29, 0.717) is 24.6 Å². The molecule has 0 aliphatic carbocycles. The standard InChI is InChI=1S/C15H24N2O5S/c1-15(2,3)6-12(18)17-9-23-8-10(17)13(19)16-4-5-22-11(7-16)14(20)21/h10-11H,4-9H2,1-3H3,(H,20,21). The zero-order valence-corrected chi connectivity index (χ0v) is 14.6. The Morgan fingerprint density at radius 1 is 1.30 bits per heavy atom. The first-order valence-corrected chi connectivity index (χ1v) is 8.85. The summed E-state index contributed by atoms with van der Waals surface area (Å²) in [6.45, 7) is 6.58. The molecule has 2 aliphatic heterocycles. The third kappa shape index (κ3) is 4.60. The van der Waals surface area contributed by atoms with Crippen LogP contribution in [0.25, 0.3) is 0 Å². The second-order valence-corrected chi connectivity index (χ2v) is 8.10. The first-order chi connectivity index (χ1) is 10.7. The molecule has 2 saturated heterocycles. The minimum absolute atomic E-state index is 0.0242. The zero-order valence-electron chi connectivity index (χ0n) is 13.8. The van der Waals surface area contributed by atoms with Gasteiger partial charge in [0.15, 0.2) is 6.10 Å². The lowest BCUT2D eigenvalue weighted by Crippen LogP contribution is -2.55. The van der Waals surface area contributed by atoms with Gasteiger partial charge in [-0.2, -0.15) is 0 Å². The quantitative estimate of drug-likeness (QED) is 0.808. The van der Waals surface area contributed by atoms with Crippen molar-refractivity contribution in [2.45, 2.75) is 39.3 Å². The molecule has 2 fully saturated rings. The molecule has 2 amide bonds. The van der Waals surface area contributed by atoms with Crippen LogP contribution in [0, 0.1) is 5.41 Å². The Kier molecular flexibility index (Phi) is 5.57. The molecule has 2 aliphatic rings. The average molecular weight is 344 g/mol. The van der Waals surface area contributed by atoms with Gasteiger partial charge >= 0.3 is 5.97 Å². The monoisotopic (exact) mass is 344 g/mol. The lowest BCUT2D eigenvalue weighted by atomic mass is 9.91. The number of amides is 2. The molecule has 7 nitrogen and oxygen atoms in total. The van der Waals surface area contributed by atoms with E-state index in [1.807, 2.05) is 20.8 Å². The van der Waals surface area contributed by atoms with Crippen LogP contribution in [0.5, 0.6) is 0 Å². The van der Waals surface area contributed by atoms with Gasteiger partial charge in [-0.15, -0.1) is 11.8 Å². The van der Waals surface area contributed by atoms with E-state index < -0.39 is 18.1 Å². The number of morpholine rings is 1. The molecule has 0 bridgehead atoms. The summed E-state index contributed by atoms with van der Waals surface area (Å²) in [5.74, 6) is -0.193. The van der Waals surface area contributed by atoms with E-state index in [1.165, 1.54) is 4.90 Å². The Labute approximate surface area is 140 Å². The zero-order chi connectivity index (χ0) is 17.2. The van der Waals surface area contributed by atoms with Crippen molar-refractivity contribution in [1.82, 2.24) is 9.80 Å².